The third kappa shape index (κ3) is 5.22. The Hall–Kier alpha value is -2.79. The maximum atomic E-state index is 15.6. The van der Waals surface area contributed by atoms with Crippen molar-refractivity contribution in [2.24, 2.45) is 0 Å². The Balaban J connectivity index is 1.51. The van der Waals surface area contributed by atoms with Crippen LogP contribution in [-0.4, -0.2) is 72.1 Å². The summed E-state index contributed by atoms with van der Waals surface area (Å²) in [7, 11) is 0. The Bertz CT molecular complexity index is 1270. The van der Waals surface area contributed by atoms with Crippen LogP contribution in [0.1, 0.15) is 36.2 Å². The molecule has 2 aliphatic rings. The number of hydrogen-bond donors (Lipinski definition) is 2. The van der Waals surface area contributed by atoms with Crippen molar-refractivity contribution >= 4 is 16.6 Å². The first-order valence-electron chi connectivity index (χ1n) is 12.7. The molecule has 0 radical (unpaired) electrons. The van der Waals surface area contributed by atoms with E-state index in [0.717, 1.165) is 28.0 Å². The molecule has 38 heavy (non-hydrogen) atoms. The fourth-order valence-electron chi connectivity index (χ4n) is 5.86. The second-order valence-electron chi connectivity index (χ2n) is 10.2. The molecule has 2 N–H and O–H groups in total. The molecular weight excluding hydrogens is 513 g/mol. The van der Waals surface area contributed by atoms with E-state index in [9.17, 15) is 22.0 Å². The summed E-state index contributed by atoms with van der Waals surface area (Å²) >= 11 is 0. The highest BCUT2D eigenvalue weighted by Gasteiger charge is 2.44. The van der Waals surface area contributed by atoms with Crippen molar-refractivity contribution in [3.05, 3.63) is 64.9 Å². The Morgan fingerprint density at radius 3 is 2.47 bits per heavy atom. The number of aromatic nitrogens is 1. The SMILES string of the molecule is C[C@@H]1Cc2c([nH]c3ccccc23)[C@@H](c2c(F)cc(NC3CN(CCCF)CC3F)cc2F)N1CC(F)(F)F. The van der Waals surface area contributed by atoms with E-state index in [1.54, 1.807) is 30.0 Å². The van der Waals surface area contributed by atoms with E-state index in [-0.39, 0.29) is 31.6 Å². The van der Waals surface area contributed by atoms with Crippen LogP contribution in [0.3, 0.4) is 0 Å². The number of fused-ring (bicyclic) bond motifs is 3. The first kappa shape index (κ1) is 26.8. The van der Waals surface area contributed by atoms with Gasteiger partial charge in [0.15, 0.2) is 0 Å². The first-order valence-corrected chi connectivity index (χ1v) is 12.7. The van der Waals surface area contributed by atoms with Gasteiger partial charge in [-0.25, -0.2) is 13.2 Å². The monoisotopic (exact) mass is 542 g/mol. The summed E-state index contributed by atoms with van der Waals surface area (Å²) in [5.41, 5.74) is 1.24. The van der Waals surface area contributed by atoms with Gasteiger partial charge in [-0.3, -0.25) is 14.2 Å². The van der Waals surface area contributed by atoms with E-state index >= 15 is 8.78 Å². The lowest BCUT2D eigenvalue weighted by molar-refractivity contribution is -0.155. The number of nitrogens with zero attached hydrogens (tertiary/aromatic N) is 2. The molecule has 1 aromatic heterocycles. The minimum atomic E-state index is -4.59. The predicted molar refractivity (Wildman–Crippen MR) is 132 cm³/mol. The summed E-state index contributed by atoms with van der Waals surface area (Å²) < 4.78 is 99.1. The van der Waals surface area contributed by atoms with E-state index in [1.165, 1.54) is 0 Å². The number of aromatic amines is 1. The van der Waals surface area contributed by atoms with Crippen LogP contribution in [-0.2, 0) is 6.42 Å². The maximum absolute atomic E-state index is 15.6. The Morgan fingerprint density at radius 1 is 1.08 bits per heavy atom. The third-order valence-corrected chi connectivity index (χ3v) is 7.52. The number of para-hydroxylation sites is 1. The third-order valence-electron chi connectivity index (χ3n) is 7.52. The smallest absolute Gasteiger partial charge is 0.378 e. The molecule has 4 atom stereocenters. The molecule has 2 unspecified atom stereocenters. The summed E-state index contributed by atoms with van der Waals surface area (Å²) in [6.45, 7) is 0.448. The molecule has 0 bridgehead atoms. The highest BCUT2D eigenvalue weighted by atomic mass is 19.4. The molecule has 0 aliphatic carbocycles. The summed E-state index contributed by atoms with van der Waals surface area (Å²) in [5, 5.41) is 3.62. The Morgan fingerprint density at radius 2 is 1.79 bits per heavy atom. The van der Waals surface area contributed by atoms with Crippen molar-refractivity contribution in [1.82, 2.24) is 14.8 Å². The Labute approximate surface area is 215 Å². The van der Waals surface area contributed by atoms with Crippen molar-refractivity contribution in [1.29, 1.82) is 0 Å². The van der Waals surface area contributed by atoms with Gasteiger partial charge in [0.25, 0.3) is 0 Å². The molecule has 206 valence electrons. The molecule has 5 rings (SSSR count). The lowest BCUT2D eigenvalue weighted by Crippen LogP contribution is -2.47. The fraction of sp³-hybridized carbons (Fsp3) is 0.481. The number of alkyl halides is 5. The fourth-order valence-corrected chi connectivity index (χ4v) is 5.86. The molecule has 0 amide bonds. The molecule has 3 heterocycles. The van der Waals surface area contributed by atoms with Crippen LogP contribution in [0.5, 0.6) is 0 Å². The van der Waals surface area contributed by atoms with Crippen molar-refractivity contribution in [3.8, 4) is 0 Å². The normalized spacial score (nSPS) is 24.7. The van der Waals surface area contributed by atoms with Gasteiger partial charge in [0.1, 0.15) is 17.8 Å². The highest BCUT2D eigenvalue weighted by molar-refractivity contribution is 5.85. The topological polar surface area (TPSA) is 34.3 Å². The van der Waals surface area contributed by atoms with Gasteiger partial charge in [0.05, 0.1) is 25.3 Å². The predicted octanol–water partition coefficient (Wildman–Crippen LogP) is 6.14. The lowest BCUT2D eigenvalue weighted by atomic mass is 9.88. The van der Waals surface area contributed by atoms with Crippen LogP contribution in [0, 0.1) is 11.6 Å². The quantitative estimate of drug-likeness (QED) is 0.352. The number of nitrogens with one attached hydrogen (secondary N) is 2. The van der Waals surface area contributed by atoms with Crippen LogP contribution in [0.15, 0.2) is 36.4 Å². The molecular formula is C27H29F7N4. The minimum absolute atomic E-state index is 0.00755. The van der Waals surface area contributed by atoms with Gasteiger partial charge in [-0.15, -0.1) is 0 Å². The number of anilines is 1. The number of halogens is 7. The van der Waals surface area contributed by atoms with Crippen molar-refractivity contribution in [2.45, 2.75) is 50.2 Å². The van der Waals surface area contributed by atoms with Gasteiger partial charge >= 0.3 is 6.18 Å². The average Bonchev–Trinajstić information content (AvgIpc) is 3.38. The number of benzene rings is 2. The van der Waals surface area contributed by atoms with Crippen LogP contribution in [0.4, 0.5) is 36.4 Å². The molecule has 0 saturated carbocycles. The van der Waals surface area contributed by atoms with Crippen LogP contribution < -0.4 is 5.32 Å². The summed E-state index contributed by atoms with van der Waals surface area (Å²) in [6.07, 6.45) is -5.36. The molecule has 11 heteroatoms. The maximum Gasteiger partial charge on any atom is 0.401 e. The first-order chi connectivity index (χ1) is 18.1. The Kier molecular flexibility index (Phi) is 7.34. The molecule has 3 aromatic rings. The van der Waals surface area contributed by atoms with E-state index in [4.69, 9.17) is 0 Å². The van der Waals surface area contributed by atoms with Crippen molar-refractivity contribution < 1.29 is 30.7 Å². The van der Waals surface area contributed by atoms with Gasteiger partial charge in [0.2, 0.25) is 0 Å². The van der Waals surface area contributed by atoms with Crippen molar-refractivity contribution in [2.75, 3.05) is 38.2 Å². The zero-order valence-electron chi connectivity index (χ0n) is 20.8. The standard InChI is InChI=1S/C27H29F7N4/c1-15-9-18-17-5-2-3-6-22(17)36-25(18)26(38(15)14-27(32,33)34)24-19(29)10-16(11-20(24)30)35-23-13-37(8-4-7-28)12-21(23)31/h2-3,5-6,10-11,15,21,23,26,35-36H,4,7-9,12-14H2,1H3/t15-,21?,23?,26-/m1/s1. The number of H-pyrrole nitrogens is 1. The minimum Gasteiger partial charge on any atom is -0.378 e. The van der Waals surface area contributed by atoms with Gasteiger partial charge in [-0.05, 0) is 43.5 Å². The van der Waals surface area contributed by atoms with E-state index in [2.05, 4.69) is 10.3 Å². The van der Waals surface area contributed by atoms with Crippen LogP contribution in [0.2, 0.25) is 0 Å². The van der Waals surface area contributed by atoms with Gasteiger partial charge in [0, 0.05) is 53.5 Å². The van der Waals surface area contributed by atoms with Crippen LogP contribution >= 0.6 is 0 Å². The van der Waals surface area contributed by atoms with Crippen LogP contribution in [0.25, 0.3) is 10.9 Å². The lowest BCUT2D eigenvalue weighted by Gasteiger charge is -2.41. The van der Waals surface area contributed by atoms with Gasteiger partial charge in [-0.1, -0.05) is 18.2 Å². The summed E-state index contributed by atoms with van der Waals surface area (Å²) in [5.74, 6) is -2.04. The molecule has 0 spiro atoms. The van der Waals surface area contributed by atoms with Gasteiger partial charge < -0.3 is 10.3 Å². The zero-order valence-corrected chi connectivity index (χ0v) is 20.8. The van der Waals surface area contributed by atoms with Gasteiger partial charge in [-0.2, -0.15) is 13.2 Å². The summed E-state index contributed by atoms with van der Waals surface area (Å²) in [4.78, 5) is 5.92. The van der Waals surface area contributed by atoms with E-state index < -0.39 is 60.9 Å². The highest BCUT2D eigenvalue weighted by Crippen LogP contribution is 2.44. The van der Waals surface area contributed by atoms with Crippen molar-refractivity contribution in [3.63, 3.8) is 0 Å². The van der Waals surface area contributed by atoms with E-state index in [0.29, 0.717) is 17.8 Å². The average molecular weight is 543 g/mol. The molecule has 4 nitrogen and oxygen atoms in total. The zero-order chi connectivity index (χ0) is 27.2. The number of hydrogen-bond acceptors (Lipinski definition) is 3. The number of likely N-dealkylation sites (tertiary alicyclic amines) is 1. The largest absolute Gasteiger partial charge is 0.401 e. The molecule has 1 fully saturated rings. The number of rotatable bonds is 7. The second-order valence-corrected chi connectivity index (χ2v) is 10.2. The molecule has 2 aromatic carbocycles. The summed E-state index contributed by atoms with van der Waals surface area (Å²) in [6, 6.07) is 6.45. The van der Waals surface area contributed by atoms with E-state index in [1.807, 2.05) is 6.07 Å². The molecule has 2 aliphatic heterocycles. The second kappa shape index (κ2) is 10.4. The molecule has 1 saturated heterocycles.